The molecule has 0 radical (unpaired) electrons. The van der Waals surface area contributed by atoms with Crippen LogP contribution in [0.15, 0.2) is 16.0 Å². The number of aromatic amines is 1. The standard InChI is InChI=1S/C16H25N3O2S/c1-2-7-13-10-14(20)19-16(18-13)22-11-15(21)17-12-8-5-3-4-6-9-12/h10,12H,2-9,11H2,1H3,(H,17,21)(H,18,19,20). The van der Waals surface area contributed by atoms with Gasteiger partial charge in [-0.15, -0.1) is 0 Å². The first-order valence-corrected chi connectivity index (χ1v) is 9.18. The van der Waals surface area contributed by atoms with E-state index in [-0.39, 0.29) is 11.5 Å². The molecular weight excluding hydrogens is 298 g/mol. The van der Waals surface area contributed by atoms with Gasteiger partial charge < -0.3 is 10.3 Å². The summed E-state index contributed by atoms with van der Waals surface area (Å²) in [4.78, 5) is 30.7. The summed E-state index contributed by atoms with van der Waals surface area (Å²) in [5.41, 5.74) is 0.642. The van der Waals surface area contributed by atoms with Crippen LogP contribution in [0.3, 0.4) is 0 Å². The minimum Gasteiger partial charge on any atom is -0.353 e. The van der Waals surface area contributed by atoms with Crippen molar-refractivity contribution in [2.75, 3.05) is 5.75 Å². The van der Waals surface area contributed by atoms with Crippen LogP contribution >= 0.6 is 11.8 Å². The van der Waals surface area contributed by atoms with Crippen molar-refractivity contribution in [2.24, 2.45) is 0 Å². The minimum atomic E-state index is -0.148. The highest BCUT2D eigenvalue weighted by Crippen LogP contribution is 2.18. The van der Waals surface area contributed by atoms with E-state index in [1.54, 1.807) is 0 Å². The number of nitrogens with one attached hydrogen (secondary N) is 2. The number of H-pyrrole nitrogens is 1. The number of hydrogen-bond donors (Lipinski definition) is 2. The fourth-order valence-corrected chi connectivity index (χ4v) is 3.47. The maximum absolute atomic E-state index is 12.0. The molecule has 0 aromatic carbocycles. The Morgan fingerprint density at radius 3 is 2.77 bits per heavy atom. The Morgan fingerprint density at radius 1 is 1.36 bits per heavy atom. The average molecular weight is 323 g/mol. The van der Waals surface area contributed by atoms with Crippen LogP contribution in [0.4, 0.5) is 0 Å². The Morgan fingerprint density at radius 2 is 2.09 bits per heavy atom. The van der Waals surface area contributed by atoms with Gasteiger partial charge in [0.2, 0.25) is 5.91 Å². The van der Waals surface area contributed by atoms with Crippen LogP contribution in [-0.2, 0) is 11.2 Å². The van der Waals surface area contributed by atoms with Crippen LogP contribution in [0, 0.1) is 0 Å². The lowest BCUT2D eigenvalue weighted by Crippen LogP contribution is -2.35. The van der Waals surface area contributed by atoms with Crippen LogP contribution in [-0.4, -0.2) is 27.7 Å². The number of carbonyl (C=O) groups is 1. The Labute approximate surface area is 135 Å². The smallest absolute Gasteiger partial charge is 0.251 e. The van der Waals surface area contributed by atoms with E-state index in [2.05, 4.69) is 22.2 Å². The molecule has 0 atom stereocenters. The lowest BCUT2D eigenvalue weighted by Gasteiger charge is -2.15. The van der Waals surface area contributed by atoms with Gasteiger partial charge in [0, 0.05) is 17.8 Å². The Bertz CT molecular complexity index is 536. The van der Waals surface area contributed by atoms with Crippen LogP contribution in [0.5, 0.6) is 0 Å². The summed E-state index contributed by atoms with van der Waals surface area (Å²) >= 11 is 1.30. The number of hydrogen-bond acceptors (Lipinski definition) is 4. The van der Waals surface area contributed by atoms with Crippen molar-refractivity contribution in [3.05, 3.63) is 22.1 Å². The van der Waals surface area contributed by atoms with Gasteiger partial charge >= 0.3 is 0 Å². The number of amides is 1. The molecule has 0 saturated heterocycles. The first-order valence-electron chi connectivity index (χ1n) is 8.19. The quantitative estimate of drug-likeness (QED) is 0.479. The number of thioether (sulfide) groups is 1. The van der Waals surface area contributed by atoms with E-state index >= 15 is 0 Å². The Balaban J connectivity index is 1.83. The summed E-state index contributed by atoms with van der Waals surface area (Å²) in [5.74, 6) is 0.329. The van der Waals surface area contributed by atoms with Gasteiger partial charge in [-0.2, -0.15) is 0 Å². The molecule has 1 saturated carbocycles. The summed E-state index contributed by atoms with van der Waals surface area (Å²) in [6, 6.07) is 1.84. The van der Waals surface area contributed by atoms with Crippen molar-refractivity contribution in [1.82, 2.24) is 15.3 Å². The predicted molar refractivity (Wildman–Crippen MR) is 89.2 cm³/mol. The van der Waals surface area contributed by atoms with Crippen molar-refractivity contribution in [3.63, 3.8) is 0 Å². The highest BCUT2D eigenvalue weighted by atomic mass is 32.2. The summed E-state index contributed by atoms with van der Waals surface area (Å²) in [7, 11) is 0. The van der Waals surface area contributed by atoms with Gasteiger partial charge in [0.15, 0.2) is 5.16 Å². The number of aryl methyl sites for hydroxylation is 1. The molecule has 22 heavy (non-hydrogen) atoms. The highest BCUT2D eigenvalue weighted by molar-refractivity contribution is 7.99. The van der Waals surface area contributed by atoms with E-state index in [1.165, 1.54) is 43.5 Å². The van der Waals surface area contributed by atoms with E-state index < -0.39 is 0 Å². The lowest BCUT2D eigenvalue weighted by molar-refractivity contribution is -0.119. The van der Waals surface area contributed by atoms with Crippen molar-refractivity contribution >= 4 is 17.7 Å². The first-order chi connectivity index (χ1) is 10.7. The van der Waals surface area contributed by atoms with Crippen LogP contribution in [0.2, 0.25) is 0 Å². The molecule has 2 N–H and O–H groups in total. The van der Waals surface area contributed by atoms with Crippen LogP contribution in [0.25, 0.3) is 0 Å². The number of rotatable bonds is 6. The molecule has 0 spiro atoms. The van der Waals surface area contributed by atoms with Gasteiger partial charge in [0.25, 0.3) is 5.56 Å². The summed E-state index contributed by atoms with van der Waals surface area (Å²) in [6.07, 6.45) is 8.84. The molecule has 1 fully saturated rings. The number of nitrogens with zero attached hydrogens (tertiary/aromatic N) is 1. The molecule has 0 bridgehead atoms. The van der Waals surface area contributed by atoms with E-state index in [0.29, 0.717) is 17.0 Å². The van der Waals surface area contributed by atoms with Crippen molar-refractivity contribution in [2.45, 2.75) is 69.5 Å². The first kappa shape index (κ1) is 17.1. The number of aromatic nitrogens is 2. The third kappa shape index (κ3) is 5.83. The van der Waals surface area contributed by atoms with Crippen molar-refractivity contribution in [1.29, 1.82) is 0 Å². The van der Waals surface area contributed by atoms with Crippen molar-refractivity contribution < 1.29 is 4.79 Å². The molecule has 1 aliphatic rings. The fourth-order valence-electron chi connectivity index (χ4n) is 2.76. The SMILES string of the molecule is CCCc1cc(=O)[nH]c(SCC(=O)NC2CCCCCC2)n1. The highest BCUT2D eigenvalue weighted by Gasteiger charge is 2.15. The summed E-state index contributed by atoms with van der Waals surface area (Å²) in [6.45, 7) is 2.05. The Kier molecular flexibility index (Phi) is 6.96. The second-order valence-corrected chi connectivity index (χ2v) is 6.80. The number of carbonyl (C=O) groups excluding carboxylic acids is 1. The second kappa shape index (κ2) is 8.98. The fraction of sp³-hybridized carbons (Fsp3) is 0.688. The molecule has 1 amide bonds. The topological polar surface area (TPSA) is 74.8 Å². The lowest BCUT2D eigenvalue weighted by atomic mass is 10.1. The van der Waals surface area contributed by atoms with E-state index in [1.807, 2.05) is 0 Å². The molecule has 2 rings (SSSR count). The largest absolute Gasteiger partial charge is 0.353 e. The van der Waals surface area contributed by atoms with Gasteiger partial charge in [-0.3, -0.25) is 9.59 Å². The zero-order valence-corrected chi connectivity index (χ0v) is 14.0. The van der Waals surface area contributed by atoms with Crippen LogP contribution in [0.1, 0.15) is 57.6 Å². The Hall–Kier alpha value is -1.30. The molecule has 1 heterocycles. The van der Waals surface area contributed by atoms with E-state index in [4.69, 9.17) is 0 Å². The van der Waals surface area contributed by atoms with Gasteiger partial charge in [-0.25, -0.2) is 4.98 Å². The zero-order valence-electron chi connectivity index (χ0n) is 13.2. The molecule has 0 unspecified atom stereocenters. The average Bonchev–Trinajstić information content (AvgIpc) is 2.74. The van der Waals surface area contributed by atoms with Gasteiger partial charge in [-0.1, -0.05) is 50.8 Å². The summed E-state index contributed by atoms with van der Waals surface area (Å²) in [5, 5.41) is 3.64. The third-order valence-corrected chi connectivity index (χ3v) is 4.71. The van der Waals surface area contributed by atoms with Crippen molar-refractivity contribution in [3.8, 4) is 0 Å². The van der Waals surface area contributed by atoms with Crippen LogP contribution < -0.4 is 10.9 Å². The van der Waals surface area contributed by atoms with E-state index in [0.717, 1.165) is 31.4 Å². The van der Waals surface area contributed by atoms with Gasteiger partial charge in [0.05, 0.1) is 5.75 Å². The molecule has 1 aromatic heterocycles. The third-order valence-electron chi connectivity index (χ3n) is 3.84. The molecule has 1 aliphatic carbocycles. The maximum atomic E-state index is 12.0. The summed E-state index contributed by atoms with van der Waals surface area (Å²) < 4.78 is 0. The van der Waals surface area contributed by atoms with E-state index in [9.17, 15) is 9.59 Å². The van der Waals surface area contributed by atoms with Gasteiger partial charge in [-0.05, 0) is 19.3 Å². The maximum Gasteiger partial charge on any atom is 0.251 e. The predicted octanol–water partition coefficient (Wildman–Crippen LogP) is 2.65. The molecule has 5 nitrogen and oxygen atoms in total. The molecule has 0 aliphatic heterocycles. The molecule has 122 valence electrons. The molecule has 1 aromatic rings. The monoisotopic (exact) mass is 323 g/mol. The molecular formula is C16H25N3O2S. The minimum absolute atomic E-state index is 0.0282. The molecule has 6 heteroatoms. The zero-order chi connectivity index (χ0) is 15.8. The second-order valence-electron chi connectivity index (χ2n) is 5.84. The normalized spacial score (nSPS) is 16.2. The van der Waals surface area contributed by atoms with Gasteiger partial charge in [0.1, 0.15) is 0 Å².